The second kappa shape index (κ2) is 10.2. The zero-order chi connectivity index (χ0) is 21.4. The monoisotopic (exact) mass is 409 g/mol. The summed E-state index contributed by atoms with van der Waals surface area (Å²) in [5, 5.41) is 2.47. The Hall–Kier alpha value is -3.49. The van der Waals surface area contributed by atoms with E-state index in [1.807, 2.05) is 0 Å². The molecule has 0 heterocycles. The summed E-state index contributed by atoms with van der Waals surface area (Å²) >= 11 is 0. The summed E-state index contributed by atoms with van der Waals surface area (Å²) in [4.78, 5) is 24.0. The van der Waals surface area contributed by atoms with Gasteiger partial charge in [0.05, 0.1) is 7.11 Å². The molecule has 0 saturated carbocycles. The molecule has 29 heavy (non-hydrogen) atoms. The van der Waals surface area contributed by atoms with Gasteiger partial charge >= 0.3 is 12.6 Å². The molecule has 1 amide bonds. The van der Waals surface area contributed by atoms with Gasteiger partial charge in [-0.2, -0.15) is 8.78 Å². The van der Waals surface area contributed by atoms with E-state index in [0.29, 0.717) is 5.69 Å². The van der Waals surface area contributed by atoms with Gasteiger partial charge in [0, 0.05) is 17.3 Å². The Kier molecular flexibility index (Phi) is 7.64. The Morgan fingerprint density at radius 1 is 1.10 bits per heavy atom. The normalized spacial score (nSPS) is 11.9. The molecule has 1 atom stereocenters. The number of ether oxygens (including phenoxy) is 3. The van der Waals surface area contributed by atoms with Crippen LogP contribution in [0.15, 0.2) is 48.5 Å². The zero-order valence-electron chi connectivity index (χ0n) is 15.5. The number of methoxy groups -OCH3 is 1. The number of halogens is 3. The molecule has 0 radical (unpaired) electrons. The quantitative estimate of drug-likeness (QED) is 0.527. The molecule has 2 aromatic carbocycles. The molecule has 0 spiro atoms. The van der Waals surface area contributed by atoms with E-state index < -0.39 is 30.4 Å². The van der Waals surface area contributed by atoms with Crippen molar-refractivity contribution in [1.82, 2.24) is 0 Å². The maximum Gasteiger partial charge on any atom is 0.387 e. The molecule has 1 N–H and O–H groups in total. The number of rotatable bonds is 8. The lowest BCUT2D eigenvalue weighted by atomic mass is 10.1. The molecular formula is C20H18F3NO5. The van der Waals surface area contributed by atoms with Crippen LogP contribution in [0.1, 0.15) is 12.5 Å². The number of para-hydroxylation sites is 1. The van der Waals surface area contributed by atoms with Crippen molar-refractivity contribution in [1.29, 1.82) is 0 Å². The van der Waals surface area contributed by atoms with E-state index >= 15 is 0 Å². The van der Waals surface area contributed by atoms with Crippen molar-refractivity contribution in [2.45, 2.75) is 19.6 Å². The second-order valence-corrected chi connectivity index (χ2v) is 5.67. The minimum absolute atomic E-state index is 0.0628. The first kappa shape index (κ1) is 21.8. The summed E-state index contributed by atoms with van der Waals surface area (Å²) in [7, 11) is 1.29. The number of benzene rings is 2. The van der Waals surface area contributed by atoms with Crippen LogP contribution in [-0.2, 0) is 14.3 Å². The van der Waals surface area contributed by atoms with Crippen LogP contribution in [0.25, 0.3) is 6.08 Å². The Morgan fingerprint density at radius 3 is 2.41 bits per heavy atom. The van der Waals surface area contributed by atoms with Crippen molar-refractivity contribution in [3.05, 3.63) is 59.9 Å². The van der Waals surface area contributed by atoms with Gasteiger partial charge in [-0.05, 0) is 43.3 Å². The van der Waals surface area contributed by atoms with Gasteiger partial charge in [-0.1, -0.05) is 12.1 Å². The fourth-order valence-corrected chi connectivity index (χ4v) is 2.24. The fourth-order valence-electron chi connectivity index (χ4n) is 2.24. The van der Waals surface area contributed by atoms with Crippen LogP contribution >= 0.6 is 0 Å². The van der Waals surface area contributed by atoms with Crippen molar-refractivity contribution in [2.75, 3.05) is 12.4 Å². The van der Waals surface area contributed by atoms with E-state index in [2.05, 4.69) is 10.1 Å². The maximum atomic E-state index is 12.9. The summed E-state index contributed by atoms with van der Waals surface area (Å²) in [5.74, 6) is -2.14. The first-order valence-electron chi connectivity index (χ1n) is 8.37. The van der Waals surface area contributed by atoms with E-state index in [1.165, 1.54) is 62.6 Å². The Labute approximate surface area is 164 Å². The summed E-state index contributed by atoms with van der Waals surface area (Å²) in [5.41, 5.74) is 0.491. The van der Waals surface area contributed by atoms with Gasteiger partial charge in [0.2, 0.25) is 0 Å². The highest BCUT2D eigenvalue weighted by atomic mass is 19.3. The van der Waals surface area contributed by atoms with Crippen LogP contribution in [0.3, 0.4) is 0 Å². The number of anilines is 1. The summed E-state index contributed by atoms with van der Waals surface area (Å²) in [6, 6.07) is 9.44. The van der Waals surface area contributed by atoms with Crippen LogP contribution in [0.2, 0.25) is 0 Å². The van der Waals surface area contributed by atoms with Gasteiger partial charge in [-0.25, -0.2) is 9.18 Å². The number of nitrogens with one attached hydrogen (secondary N) is 1. The van der Waals surface area contributed by atoms with Gasteiger partial charge < -0.3 is 19.5 Å². The number of amides is 1. The third kappa shape index (κ3) is 6.56. The van der Waals surface area contributed by atoms with E-state index in [1.54, 1.807) is 0 Å². The van der Waals surface area contributed by atoms with Gasteiger partial charge in [-0.3, -0.25) is 4.79 Å². The molecule has 2 aromatic rings. The van der Waals surface area contributed by atoms with E-state index in [9.17, 15) is 22.8 Å². The molecule has 0 unspecified atom stereocenters. The molecule has 2 rings (SSSR count). The molecule has 0 aliphatic rings. The molecular weight excluding hydrogens is 391 g/mol. The highest BCUT2D eigenvalue weighted by Gasteiger charge is 2.18. The molecule has 0 bridgehead atoms. The summed E-state index contributed by atoms with van der Waals surface area (Å²) in [6.45, 7) is -1.73. The predicted octanol–water partition coefficient (Wildman–Crippen LogP) is 4.02. The minimum atomic E-state index is -3.08. The van der Waals surface area contributed by atoms with Gasteiger partial charge in [0.1, 0.15) is 5.82 Å². The average Bonchev–Trinajstić information content (AvgIpc) is 2.68. The van der Waals surface area contributed by atoms with Gasteiger partial charge in [0.25, 0.3) is 5.91 Å². The lowest BCUT2D eigenvalue weighted by Crippen LogP contribution is -2.29. The molecule has 0 aromatic heterocycles. The topological polar surface area (TPSA) is 73.9 Å². The first-order valence-corrected chi connectivity index (χ1v) is 8.37. The number of carbonyl (C=O) groups excluding carboxylic acids is 2. The first-order chi connectivity index (χ1) is 13.8. The third-order valence-corrected chi connectivity index (χ3v) is 3.61. The lowest BCUT2D eigenvalue weighted by molar-refractivity contribution is -0.148. The number of carbonyl (C=O) groups is 2. The smallest absolute Gasteiger partial charge is 0.387 e. The highest BCUT2D eigenvalue weighted by molar-refractivity contribution is 5.96. The number of alkyl halides is 2. The average molecular weight is 409 g/mol. The Bertz CT molecular complexity index is 884. The van der Waals surface area contributed by atoms with Crippen LogP contribution < -0.4 is 14.8 Å². The minimum Gasteiger partial charge on any atom is -0.493 e. The molecule has 0 aliphatic heterocycles. The molecule has 154 valence electrons. The van der Waals surface area contributed by atoms with Crippen molar-refractivity contribution in [3.63, 3.8) is 0 Å². The van der Waals surface area contributed by atoms with E-state index in [0.717, 1.165) is 6.08 Å². The number of hydrogen-bond acceptors (Lipinski definition) is 5. The molecule has 9 heteroatoms. The second-order valence-electron chi connectivity index (χ2n) is 5.67. The van der Waals surface area contributed by atoms with Crippen molar-refractivity contribution in [3.8, 4) is 11.5 Å². The van der Waals surface area contributed by atoms with Gasteiger partial charge in [-0.15, -0.1) is 0 Å². The molecule has 0 fully saturated rings. The standard InChI is InChI=1S/C20H18F3NO5/c1-12(19(26)24-15-9-7-14(21)8-10-15)28-17(25)11-6-13-4-3-5-16(27-2)18(13)29-20(22)23/h3-12,20H,1-2H3,(H,24,26)/b11-6+/t12-/m1/s1. The van der Waals surface area contributed by atoms with Crippen molar-refractivity contribution >= 4 is 23.6 Å². The number of esters is 1. The van der Waals surface area contributed by atoms with Gasteiger partial charge in [0.15, 0.2) is 17.6 Å². The van der Waals surface area contributed by atoms with Crippen LogP contribution in [0.5, 0.6) is 11.5 Å². The summed E-state index contributed by atoms with van der Waals surface area (Å²) in [6.07, 6.45) is 1.02. The Morgan fingerprint density at radius 2 is 1.79 bits per heavy atom. The predicted molar refractivity (Wildman–Crippen MR) is 99.2 cm³/mol. The lowest BCUT2D eigenvalue weighted by Gasteiger charge is -2.13. The largest absolute Gasteiger partial charge is 0.493 e. The maximum absolute atomic E-state index is 12.9. The van der Waals surface area contributed by atoms with Crippen LogP contribution in [0.4, 0.5) is 18.9 Å². The van der Waals surface area contributed by atoms with Crippen molar-refractivity contribution in [2.24, 2.45) is 0 Å². The van der Waals surface area contributed by atoms with Crippen molar-refractivity contribution < 1.29 is 37.0 Å². The highest BCUT2D eigenvalue weighted by Crippen LogP contribution is 2.33. The van der Waals surface area contributed by atoms with Crippen LogP contribution in [0, 0.1) is 5.82 Å². The molecule has 0 aliphatic carbocycles. The molecule has 6 nitrogen and oxygen atoms in total. The van der Waals surface area contributed by atoms with E-state index in [-0.39, 0.29) is 17.1 Å². The summed E-state index contributed by atoms with van der Waals surface area (Å²) < 4.78 is 52.5. The third-order valence-electron chi connectivity index (χ3n) is 3.61. The SMILES string of the molecule is COc1cccc(/C=C/C(=O)O[C@H](C)C(=O)Nc2ccc(F)cc2)c1OC(F)F. The fraction of sp³-hybridized carbons (Fsp3) is 0.200. The van der Waals surface area contributed by atoms with E-state index in [4.69, 9.17) is 9.47 Å². The zero-order valence-corrected chi connectivity index (χ0v) is 15.5. The molecule has 0 saturated heterocycles. The number of hydrogen-bond donors (Lipinski definition) is 1. The Balaban J connectivity index is 2.01. The van der Waals surface area contributed by atoms with Crippen LogP contribution in [-0.4, -0.2) is 31.7 Å².